The molecule has 2 nitrogen and oxygen atoms in total. The molecule has 0 bridgehead atoms. The van der Waals surface area contributed by atoms with Crippen molar-refractivity contribution in [3.8, 4) is 0 Å². The number of hydrogen-bond donors (Lipinski definition) is 1. The van der Waals surface area contributed by atoms with Gasteiger partial charge in [-0.1, -0.05) is 19.1 Å². The molecule has 0 fully saturated rings. The standard InChI is InChI=1S/C14H15BrFNO/c1-3-17-13(11-6-7-18-14(11)15)10-5-4-9(2)12(16)8-10/h4-8,13,17H,3H2,1-2H3. The Morgan fingerprint density at radius 1 is 1.39 bits per heavy atom. The molecule has 4 heteroatoms. The molecule has 1 aromatic heterocycles. The van der Waals surface area contributed by atoms with Crippen LogP contribution in [0.2, 0.25) is 0 Å². The van der Waals surface area contributed by atoms with Gasteiger partial charge in [0.15, 0.2) is 4.67 Å². The fourth-order valence-electron chi connectivity index (χ4n) is 1.91. The fourth-order valence-corrected chi connectivity index (χ4v) is 2.38. The summed E-state index contributed by atoms with van der Waals surface area (Å²) < 4.78 is 19.6. The molecular weight excluding hydrogens is 297 g/mol. The van der Waals surface area contributed by atoms with E-state index in [1.165, 1.54) is 0 Å². The summed E-state index contributed by atoms with van der Waals surface area (Å²) in [5.74, 6) is -0.185. The molecule has 0 spiro atoms. The van der Waals surface area contributed by atoms with Crippen LogP contribution in [0.1, 0.15) is 29.7 Å². The maximum Gasteiger partial charge on any atom is 0.174 e. The van der Waals surface area contributed by atoms with Crippen molar-refractivity contribution < 1.29 is 8.81 Å². The van der Waals surface area contributed by atoms with Crippen LogP contribution in [0.5, 0.6) is 0 Å². The van der Waals surface area contributed by atoms with E-state index in [2.05, 4.69) is 21.2 Å². The quantitative estimate of drug-likeness (QED) is 0.916. The Kier molecular flexibility index (Phi) is 4.19. The van der Waals surface area contributed by atoms with Crippen LogP contribution >= 0.6 is 15.9 Å². The van der Waals surface area contributed by atoms with Crippen LogP contribution in [-0.4, -0.2) is 6.54 Å². The van der Waals surface area contributed by atoms with E-state index < -0.39 is 0 Å². The summed E-state index contributed by atoms with van der Waals surface area (Å²) in [5, 5.41) is 3.33. The third kappa shape index (κ3) is 2.65. The first-order chi connectivity index (χ1) is 8.63. The number of nitrogens with one attached hydrogen (secondary N) is 1. The maximum absolute atomic E-state index is 13.7. The van der Waals surface area contributed by atoms with Crippen molar-refractivity contribution >= 4 is 15.9 Å². The minimum absolute atomic E-state index is 0.0711. The first-order valence-electron chi connectivity index (χ1n) is 5.85. The van der Waals surface area contributed by atoms with Crippen LogP contribution in [0.3, 0.4) is 0 Å². The summed E-state index contributed by atoms with van der Waals surface area (Å²) in [6, 6.07) is 7.11. The zero-order valence-corrected chi connectivity index (χ0v) is 11.9. The Bertz CT molecular complexity index is 538. The molecule has 0 radical (unpaired) electrons. The van der Waals surface area contributed by atoms with Crippen LogP contribution in [0, 0.1) is 12.7 Å². The van der Waals surface area contributed by atoms with E-state index >= 15 is 0 Å². The van der Waals surface area contributed by atoms with Gasteiger partial charge >= 0.3 is 0 Å². The van der Waals surface area contributed by atoms with Crippen LogP contribution in [0.25, 0.3) is 0 Å². The van der Waals surface area contributed by atoms with Crippen molar-refractivity contribution in [2.45, 2.75) is 19.9 Å². The first kappa shape index (κ1) is 13.3. The molecule has 0 amide bonds. The van der Waals surface area contributed by atoms with Gasteiger partial charge in [0.1, 0.15) is 5.82 Å². The molecule has 0 aliphatic carbocycles. The van der Waals surface area contributed by atoms with E-state index in [0.717, 1.165) is 17.7 Å². The molecule has 0 aliphatic heterocycles. The lowest BCUT2D eigenvalue weighted by Gasteiger charge is -2.18. The number of benzene rings is 1. The van der Waals surface area contributed by atoms with E-state index in [4.69, 9.17) is 4.42 Å². The van der Waals surface area contributed by atoms with Crippen molar-refractivity contribution in [2.75, 3.05) is 6.54 Å². The van der Waals surface area contributed by atoms with E-state index in [0.29, 0.717) is 10.2 Å². The Morgan fingerprint density at radius 3 is 2.72 bits per heavy atom. The average Bonchev–Trinajstić information content (AvgIpc) is 2.76. The number of rotatable bonds is 4. The lowest BCUT2D eigenvalue weighted by Crippen LogP contribution is -2.22. The first-order valence-corrected chi connectivity index (χ1v) is 6.65. The minimum atomic E-state index is -0.185. The smallest absolute Gasteiger partial charge is 0.174 e. The molecule has 0 saturated carbocycles. The van der Waals surface area contributed by atoms with Crippen molar-refractivity contribution in [2.24, 2.45) is 0 Å². The molecule has 0 saturated heterocycles. The number of aryl methyl sites for hydroxylation is 1. The third-order valence-electron chi connectivity index (χ3n) is 2.89. The largest absolute Gasteiger partial charge is 0.457 e. The van der Waals surface area contributed by atoms with Gasteiger partial charge in [-0.25, -0.2) is 4.39 Å². The van der Waals surface area contributed by atoms with E-state index in [1.54, 1.807) is 25.3 Å². The second-order valence-electron chi connectivity index (χ2n) is 4.15. The predicted molar refractivity (Wildman–Crippen MR) is 73.1 cm³/mol. The highest BCUT2D eigenvalue weighted by Crippen LogP contribution is 2.30. The number of furan rings is 1. The summed E-state index contributed by atoms with van der Waals surface area (Å²) in [4.78, 5) is 0. The second kappa shape index (κ2) is 5.67. The highest BCUT2D eigenvalue weighted by molar-refractivity contribution is 9.10. The summed E-state index contributed by atoms with van der Waals surface area (Å²) >= 11 is 3.37. The van der Waals surface area contributed by atoms with Gasteiger partial charge in [0, 0.05) is 5.56 Å². The number of halogens is 2. The Morgan fingerprint density at radius 2 is 2.17 bits per heavy atom. The third-order valence-corrected chi connectivity index (χ3v) is 3.54. The monoisotopic (exact) mass is 311 g/mol. The zero-order chi connectivity index (χ0) is 13.1. The van der Waals surface area contributed by atoms with Crippen LogP contribution in [0.15, 0.2) is 39.6 Å². The summed E-state index contributed by atoms with van der Waals surface area (Å²) in [5.41, 5.74) is 2.52. The molecule has 0 aliphatic rings. The van der Waals surface area contributed by atoms with E-state index in [-0.39, 0.29) is 11.9 Å². The summed E-state index contributed by atoms with van der Waals surface area (Å²) in [6.07, 6.45) is 1.62. The summed E-state index contributed by atoms with van der Waals surface area (Å²) in [7, 11) is 0. The molecule has 1 atom stereocenters. The van der Waals surface area contributed by atoms with Gasteiger partial charge in [-0.3, -0.25) is 0 Å². The van der Waals surface area contributed by atoms with E-state index in [1.807, 2.05) is 19.1 Å². The highest BCUT2D eigenvalue weighted by Gasteiger charge is 2.18. The zero-order valence-electron chi connectivity index (χ0n) is 10.3. The Labute approximate surface area is 114 Å². The van der Waals surface area contributed by atoms with Crippen molar-refractivity contribution in [3.05, 3.63) is 57.7 Å². The van der Waals surface area contributed by atoms with Crippen LogP contribution in [-0.2, 0) is 0 Å². The minimum Gasteiger partial charge on any atom is -0.457 e. The van der Waals surface area contributed by atoms with E-state index in [9.17, 15) is 4.39 Å². The predicted octanol–water partition coefficient (Wildman–Crippen LogP) is 4.19. The van der Waals surface area contributed by atoms with Gasteiger partial charge in [0.25, 0.3) is 0 Å². The molecule has 1 heterocycles. The lowest BCUT2D eigenvalue weighted by atomic mass is 10.00. The van der Waals surface area contributed by atoms with Gasteiger partial charge in [0.05, 0.1) is 12.3 Å². The van der Waals surface area contributed by atoms with Crippen molar-refractivity contribution in [1.29, 1.82) is 0 Å². The van der Waals surface area contributed by atoms with Crippen LogP contribution < -0.4 is 5.32 Å². The van der Waals surface area contributed by atoms with Gasteiger partial charge in [0.2, 0.25) is 0 Å². The van der Waals surface area contributed by atoms with Gasteiger partial charge in [-0.2, -0.15) is 0 Å². The summed E-state index contributed by atoms with van der Waals surface area (Å²) in [6.45, 7) is 4.57. The maximum atomic E-state index is 13.7. The average molecular weight is 312 g/mol. The van der Waals surface area contributed by atoms with Gasteiger partial charge in [-0.15, -0.1) is 0 Å². The second-order valence-corrected chi connectivity index (χ2v) is 4.87. The topological polar surface area (TPSA) is 25.2 Å². The van der Waals surface area contributed by atoms with Crippen LogP contribution in [0.4, 0.5) is 4.39 Å². The Hall–Kier alpha value is -1.13. The number of hydrogen-bond acceptors (Lipinski definition) is 2. The molecule has 1 aromatic carbocycles. The van der Waals surface area contributed by atoms with Crippen molar-refractivity contribution in [3.63, 3.8) is 0 Å². The molecule has 18 heavy (non-hydrogen) atoms. The molecule has 1 unspecified atom stereocenters. The van der Waals surface area contributed by atoms with Gasteiger partial charge < -0.3 is 9.73 Å². The SMILES string of the molecule is CCNC(c1ccc(C)c(F)c1)c1ccoc1Br. The lowest BCUT2D eigenvalue weighted by molar-refractivity contribution is 0.525. The van der Waals surface area contributed by atoms with Gasteiger partial charge in [-0.05, 0) is 52.7 Å². The Balaban J connectivity index is 2.41. The fraction of sp³-hybridized carbons (Fsp3) is 0.286. The highest BCUT2D eigenvalue weighted by atomic mass is 79.9. The normalized spacial score (nSPS) is 12.7. The molecular formula is C14H15BrFNO. The molecule has 2 aromatic rings. The molecule has 1 N–H and O–H groups in total. The molecule has 96 valence electrons. The van der Waals surface area contributed by atoms with Crippen molar-refractivity contribution in [1.82, 2.24) is 5.32 Å². The molecule has 2 rings (SSSR count).